The van der Waals surface area contributed by atoms with Gasteiger partial charge in [-0.1, -0.05) is 23.3 Å². The predicted molar refractivity (Wildman–Crippen MR) is 62.4 cm³/mol. The van der Waals surface area contributed by atoms with Gasteiger partial charge in [0.05, 0.1) is 11.9 Å². The van der Waals surface area contributed by atoms with Gasteiger partial charge in [-0.25, -0.2) is 4.68 Å². The van der Waals surface area contributed by atoms with Crippen molar-refractivity contribution in [2.75, 3.05) is 11.9 Å². The van der Waals surface area contributed by atoms with Crippen LogP contribution in [0.5, 0.6) is 0 Å². The molecule has 0 spiro atoms. The topological polar surface area (TPSA) is 46.9 Å². The molecule has 0 aliphatic rings. The maximum absolute atomic E-state index is 11.4. The van der Waals surface area contributed by atoms with Crippen LogP contribution in [0.3, 0.4) is 0 Å². The Morgan fingerprint density at radius 2 is 2.33 bits per heavy atom. The summed E-state index contributed by atoms with van der Waals surface area (Å²) in [5.41, 5.74) is 1.48. The van der Waals surface area contributed by atoms with E-state index in [4.69, 9.17) is 11.6 Å². The molecular weight excluding hydrogens is 214 g/mol. The van der Waals surface area contributed by atoms with Crippen molar-refractivity contribution in [1.29, 1.82) is 0 Å². The van der Waals surface area contributed by atoms with Crippen molar-refractivity contribution in [2.24, 2.45) is 7.05 Å². The Morgan fingerprint density at radius 1 is 1.67 bits per heavy atom. The van der Waals surface area contributed by atoms with Gasteiger partial charge in [0, 0.05) is 13.6 Å². The summed E-state index contributed by atoms with van der Waals surface area (Å²) >= 11 is 5.86. The Hall–Kier alpha value is -1.29. The first-order chi connectivity index (χ1) is 7.02. The molecule has 0 aliphatic carbocycles. The van der Waals surface area contributed by atoms with Crippen molar-refractivity contribution >= 4 is 17.3 Å². The lowest BCUT2D eigenvalue weighted by Gasteiger charge is -2.06. The first-order valence-electron chi connectivity index (χ1n) is 4.61. The molecule has 0 aliphatic heterocycles. The summed E-state index contributed by atoms with van der Waals surface area (Å²) in [7, 11) is 1.56. The van der Waals surface area contributed by atoms with Crippen molar-refractivity contribution in [3.8, 4) is 0 Å². The molecule has 0 saturated carbocycles. The third-order valence-corrected chi connectivity index (χ3v) is 2.25. The number of allylic oxidation sites excluding steroid dienone is 1. The van der Waals surface area contributed by atoms with E-state index >= 15 is 0 Å². The lowest BCUT2D eigenvalue weighted by atomic mass is 10.3. The highest BCUT2D eigenvalue weighted by atomic mass is 35.5. The Bertz CT molecular complexity index is 433. The standard InChI is InChI=1S/C10H14ClN3O/c1-7(2)4-5-12-8-6-13-14(3)10(15)9(8)11/h4,6,12H,5H2,1-3H3. The summed E-state index contributed by atoms with van der Waals surface area (Å²) in [6, 6.07) is 0. The van der Waals surface area contributed by atoms with Crippen LogP contribution < -0.4 is 10.9 Å². The molecule has 1 aromatic rings. The number of nitrogens with one attached hydrogen (secondary N) is 1. The van der Waals surface area contributed by atoms with Crippen LogP contribution in [-0.2, 0) is 7.05 Å². The molecule has 5 heteroatoms. The molecule has 1 aromatic heterocycles. The van der Waals surface area contributed by atoms with E-state index in [1.165, 1.54) is 10.3 Å². The van der Waals surface area contributed by atoms with Crippen LogP contribution in [0, 0.1) is 0 Å². The second kappa shape index (κ2) is 4.98. The summed E-state index contributed by atoms with van der Waals surface area (Å²) < 4.78 is 1.20. The van der Waals surface area contributed by atoms with Gasteiger partial charge in [-0.2, -0.15) is 5.10 Å². The van der Waals surface area contributed by atoms with E-state index in [2.05, 4.69) is 10.4 Å². The Labute approximate surface area is 93.6 Å². The van der Waals surface area contributed by atoms with Gasteiger partial charge in [0.25, 0.3) is 5.56 Å². The molecule has 0 radical (unpaired) electrons. The molecule has 0 amide bonds. The van der Waals surface area contributed by atoms with Gasteiger partial charge in [-0.05, 0) is 13.8 Å². The summed E-state index contributed by atoms with van der Waals surface area (Å²) in [5, 5.41) is 7.08. The summed E-state index contributed by atoms with van der Waals surface area (Å²) in [6.07, 6.45) is 3.55. The van der Waals surface area contributed by atoms with Crippen LogP contribution in [0.1, 0.15) is 13.8 Å². The first kappa shape index (κ1) is 11.8. The maximum Gasteiger partial charge on any atom is 0.287 e. The highest BCUT2D eigenvalue weighted by Crippen LogP contribution is 2.14. The first-order valence-corrected chi connectivity index (χ1v) is 4.99. The van der Waals surface area contributed by atoms with E-state index in [0.717, 1.165) is 0 Å². The van der Waals surface area contributed by atoms with E-state index in [9.17, 15) is 4.79 Å². The largest absolute Gasteiger partial charge is 0.379 e. The predicted octanol–water partition coefficient (Wildman–Crippen LogP) is 1.81. The molecule has 0 aromatic carbocycles. The minimum Gasteiger partial charge on any atom is -0.379 e. The molecule has 0 atom stereocenters. The van der Waals surface area contributed by atoms with E-state index in [0.29, 0.717) is 12.2 Å². The fraction of sp³-hybridized carbons (Fsp3) is 0.400. The number of aryl methyl sites for hydroxylation is 1. The van der Waals surface area contributed by atoms with Gasteiger partial charge in [0.1, 0.15) is 5.02 Å². The van der Waals surface area contributed by atoms with E-state index in [-0.39, 0.29) is 10.6 Å². The van der Waals surface area contributed by atoms with Gasteiger partial charge in [-0.3, -0.25) is 4.79 Å². The quantitative estimate of drug-likeness (QED) is 0.802. The molecule has 15 heavy (non-hydrogen) atoms. The minimum absolute atomic E-state index is 0.176. The average Bonchev–Trinajstić information content (AvgIpc) is 2.18. The third-order valence-electron chi connectivity index (χ3n) is 1.88. The lowest BCUT2D eigenvalue weighted by molar-refractivity contribution is 0.708. The number of hydrogen-bond acceptors (Lipinski definition) is 3. The van der Waals surface area contributed by atoms with Gasteiger partial charge < -0.3 is 5.32 Å². The second-order valence-electron chi connectivity index (χ2n) is 3.46. The average molecular weight is 228 g/mol. The van der Waals surface area contributed by atoms with Gasteiger partial charge >= 0.3 is 0 Å². The number of rotatable bonds is 3. The molecular formula is C10H14ClN3O. The minimum atomic E-state index is -0.293. The summed E-state index contributed by atoms with van der Waals surface area (Å²) in [6.45, 7) is 4.65. The molecule has 1 rings (SSSR count). The number of aromatic nitrogens is 2. The van der Waals surface area contributed by atoms with Crippen LogP contribution in [0.2, 0.25) is 5.02 Å². The molecule has 82 valence electrons. The fourth-order valence-electron chi connectivity index (χ4n) is 0.999. The van der Waals surface area contributed by atoms with E-state index in [1.54, 1.807) is 13.2 Å². The van der Waals surface area contributed by atoms with Crippen molar-refractivity contribution in [1.82, 2.24) is 9.78 Å². The molecule has 0 unspecified atom stereocenters. The zero-order chi connectivity index (χ0) is 11.4. The second-order valence-corrected chi connectivity index (χ2v) is 3.84. The van der Waals surface area contributed by atoms with Crippen LogP contribution in [0.15, 0.2) is 22.6 Å². The van der Waals surface area contributed by atoms with Gasteiger partial charge in [-0.15, -0.1) is 0 Å². The monoisotopic (exact) mass is 227 g/mol. The van der Waals surface area contributed by atoms with Crippen molar-refractivity contribution in [3.05, 3.63) is 33.2 Å². The van der Waals surface area contributed by atoms with Crippen LogP contribution in [-0.4, -0.2) is 16.3 Å². The molecule has 1 heterocycles. The Balaban J connectivity index is 2.84. The maximum atomic E-state index is 11.4. The zero-order valence-electron chi connectivity index (χ0n) is 9.04. The number of anilines is 1. The molecule has 0 bridgehead atoms. The normalized spacial score (nSPS) is 9.87. The van der Waals surface area contributed by atoms with Crippen LogP contribution in [0.4, 0.5) is 5.69 Å². The van der Waals surface area contributed by atoms with Crippen LogP contribution in [0.25, 0.3) is 0 Å². The SMILES string of the molecule is CC(C)=CCNc1cnn(C)c(=O)c1Cl. The molecule has 0 fully saturated rings. The fourth-order valence-corrected chi connectivity index (χ4v) is 1.24. The third kappa shape index (κ3) is 3.09. The lowest BCUT2D eigenvalue weighted by Crippen LogP contribution is -2.21. The number of hydrogen-bond donors (Lipinski definition) is 1. The van der Waals surface area contributed by atoms with Crippen molar-refractivity contribution in [3.63, 3.8) is 0 Å². The Kier molecular flexibility index (Phi) is 3.91. The zero-order valence-corrected chi connectivity index (χ0v) is 9.80. The smallest absolute Gasteiger partial charge is 0.287 e. The van der Waals surface area contributed by atoms with Gasteiger partial charge in [0.15, 0.2) is 0 Å². The highest BCUT2D eigenvalue weighted by Gasteiger charge is 2.05. The number of halogens is 1. The van der Waals surface area contributed by atoms with E-state index in [1.807, 2.05) is 19.9 Å². The number of nitrogens with zero attached hydrogens (tertiary/aromatic N) is 2. The molecule has 0 saturated heterocycles. The molecule has 4 nitrogen and oxygen atoms in total. The summed E-state index contributed by atoms with van der Waals surface area (Å²) in [5.74, 6) is 0. The summed E-state index contributed by atoms with van der Waals surface area (Å²) in [4.78, 5) is 11.4. The van der Waals surface area contributed by atoms with Gasteiger partial charge in [0.2, 0.25) is 0 Å². The van der Waals surface area contributed by atoms with E-state index < -0.39 is 0 Å². The van der Waals surface area contributed by atoms with Crippen molar-refractivity contribution < 1.29 is 0 Å². The highest BCUT2D eigenvalue weighted by molar-refractivity contribution is 6.32. The Morgan fingerprint density at radius 3 is 2.93 bits per heavy atom. The van der Waals surface area contributed by atoms with Crippen molar-refractivity contribution in [2.45, 2.75) is 13.8 Å². The molecule has 1 N–H and O–H groups in total. The van der Waals surface area contributed by atoms with Crippen LogP contribution >= 0.6 is 11.6 Å².